The number of nitrogens with zero attached hydrogens (tertiary/aromatic N) is 4. The maximum atomic E-state index is 12.4. The Hall–Kier alpha value is -2.99. The van der Waals surface area contributed by atoms with Gasteiger partial charge in [-0.05, 0) is 19.1 Å². The lowest BCUT2D eigenvalue weighted by molar-refractivity contribution is -0.123. The van der Waals surface area contributed by atoms with Crippen molar-refractivity contribution < 1.29 is 4.79 Å². The van der Waals surface area contributed by atoms with Gasteiger partial charge in [0, 0.05) is 28.5 Å². The summed E-state index contributed by atoms with van der Waals surface area (Å²) in [5.74, 6) is 1.38. The summed E-state index contributed by atoms with van der Waals surface area (Å²) in [5.41, 5.74) is 3.51. The first kappa shape index (κ1) is 21.2. The van der Waals surface area contributed by atoms with Crippen LogP contribution in [0.2, 0.25) is 0 Å². The smallest absolute Gasteiger partial charge is 0.191 e. The highest BCUT2D eigenvalue weighted by atomic mass is 32.2. The van der Waals surface area contributed by atoms with Gasteiger partial charge >= 0.3 is 0 Å². The average molecular weight is 431 g/mol. The lowest BCUT2D eigenvalue weighted by Gasteiger charge is -2.16. The first-order valence-electron chi connectivity index (χ1n) is 10.4. The minimum Gasteiger partial charge on any atom is -0.302 e. The van der Waals surface area contributed by atoms with E-state index in [1.165, 1.54) is 11.8 Å². The van der Waals surface area contributed by atoms with Gasteiger partial charge in [-0.2, -0.15) is 0 Å². The second-order valence-electron chi connectivity index (χ2n) is 8.45. The molecule has 0 atom stereocenters. The zero-order valence-corrected chi connectivity index (χ0v) is 19.1. The highest BCUT2D eigenvalue weighted by Crippen LogP contribution is 2.33. The van der Waals surface area contributed by atoms with Gasteiger partial charge in [0.2, 0.25) is 0 Å². The van der Waals surface area contributed by atoms with Gasteiger partial charge in [-0.25, -0.2) is 4.98 Å². The third-order valence-electron chi connectivity index (χ3n) is 5.23. The van der Waals surface area contributed by atoms with E-state index in [9.17, 15) is 4.79 Å². The largest absolute Gasteiger partial charge is 0.302 e. The van der Waals surface area contributed by atoms with Gasteiger partial charge in [0.15, 0.2) is 11.0 Å². The summed E-state index contributed by atoms with van der Waals surface area (Å²) in [6.45, 7) is 8.62. The number of hydrogen-bond acceptors (Lipinski definition) is 5. The molecule has 0 unspecified atom stereocenters. The third kappa shape index (κ3) is 4.39. The van der Waals surface area contributed by atoms with Crippen LogP contribution in [-0.4, -0.2) is 31.3 Å². The normalized spacial score (nSPS) is 11.7. The second-order valence-corrected chi connectivity index (χ2v) is 9.39. The number of ketones is 1. The van der Waals surface area contributed by atoms with E-state index < -0.39 is 0 Å². The first-order valence-corrected chi connectivity index (χ1v) is 11.4. The Kier molecular flexibility index (Phi) is 5.92. The Morgan fingerprint density at radius 1 is 1.00 bits per heavy atom. The van der Waals surface area contributed by atoms with E-state index in [1.807, 2.05) is 57.2 Å². The summed E-state index contributed by atoms with van der Waals surface area (Å²) in [7, 11) is 0. The Labute approximate surface area is 186 Å². The zero-order chi connectivity index (χ0) is 22.0. The molecule has 5 nitrogen and oxygen atoms in total. The van der Waals surface area contributed by atoms with Crippen LogP contribution in [0.5, 0.6) is 0 Å². The second kappa shape index (κ2) is 8.63. The standard InChI is InChI=1S/C25H26N4OS/c1-5-29-23(27-28-24(29)31-16-22(30)25(2,3)4)19-15-21(17-11-7-6-8-12-17)26-20-14-10-9-13-18(19)20/h6-15H,5,16H2,1-4H3. The fourth-order valence-electron chi connectivity index (χ4n) is 3.34. The van der Waals surface area contributed by atoms with Crippen LogP contribution in [0.3, 0.4) is 0 Å². The van der Waals surface area contributed by atoms with Crippen LogP contribution in [0, 0.1) is 5.41 Å². The van der Waals surface area contributed by atoms with Crippen molar-refractivity contribution in [1.82, 2.24) is 19.7 Å². The van der Waals surface area contributed by atoms with E-state index in [0.29, 0.717) is 12.3 Å². The summed E-state index contributed by atoms with van der Waals surface area (Å²) in [6, 6.07) is 20.3. The van der Waals surface area contributed by atoms with Crippen molar-refractivity contribution in [3.05, 3.63) is 60.7 Å². The van der Waals surface area contributed by atoms with E-state index in [1.54, 1.807) is 0 Å². The Morgan fingerprint density at radius 2 is 1.71 bits per heavy atom. The molecule has 4 rings (SSSR count). The number of hydrogen-bond donors (Lipinski definition) is 0. The molecular formula is C25H26N4OS. The number of para-hydroxylation sites is 1. The van der Waals surface area contributed by atoms with Crippen LogP contribution in [0.25, 0.3) is 33.5 Å². The summed E-state index contributed by atoms with van der Waals surface area (Å²) in [6.07, 6.45) is 0. The first-order chi connectivity index (χ1) is 14.9. The number of aromatic nitrogens is 4. The highest BCUT2D eigenvalue weighted by Gasteiger charge is 2.23. The molecule has 0 radical (unpaired) electrons. The molecule has 0 aliphatic heterocycles. The van der Waals surface area contributed by atoms with Gasteiger partial charge in [-0.15, -0.1) is 10.2 Å². The lowest BCUT2D eigenvalue weighted by Crippen LogP contribution is -2.22. The number of carbonyl (C=O) groups is 1. The minimum atomic E-state index is -0.362. The molecule has 0 bridgehead atoms. The average Bonchev–Trinajstić information content (AvgIpc) is 3.19. The Morgan fingerprint density at radius 3 is 2.42 bits per heavy atom. The fourth-order valence-corrected chi connectivity index (χ4v) is 4.51. The van der Waals surface area contributed by atoms with Crippen LogP contribution in [0.4, 0.5) is 0 Å². The van der Waals surface area contributed by atoms with Crippen molar-refractivity contribution in [3.8, 4) is 22.6 Å². The number of Topliss-reactive ketones (excluding diaryl/α,β-unsaturated/α-hetero) is 1. The van der Waals surface area contributed by atoms with E-state index in [-0.39, 0.29) is 11.2 Å². The van der Waals surface area contributed by atoms with Crippen molar-refractivity contribution in [1.29, 1.82) is 0 Å². The quantitative estimate of drug-likeness (QED) is 0.357. The van der Waals surface area contributed by atoms with E-state index >= 15 is 0 Å². The third-order valence-corrected chi connectivity index (χ3v) is 6.20. The number of fused-ring (bicyclic) bond motifs is 1. The SMILES string of the molecule is CCn1c(SCC(=O)C(C)(C)C)nnc1-c1cc(-c2ccccc2)nc2ccccc12. The van der Waals surface area contributed by atoms with Crippen molar-refractivity contribution >= 4 is 28.4 Å². The number of benzene rings is 2. The Bertz CT molecular complexity index is 1230. The molecule has 0 N–H and O–H groups in total. The predicted octanol–water partition coefficient (Wildman–Crippen LogP) is 5.89. The number of rotatable bonds is 6. The van der Waals surface area contributed by atoms with E-state index in [0.717, 1.165) is 38.7 Å². The summed E-state index contributed by atoms with van der Waals surface area (Å²) < 4.78 is 2.08. The number of carbonyl (C=O) groups excluding carboxylic acids is 1. The number of pyridine rings is 1. The van der Waals surface area contributed by atoms with Gasteiger partial charge in [0.1, 0.15) is 5.78 Å². The van der Waals surface area contributed by atoms with Gasteiger partial charge < -0.3 is 4.57 Å². The van der Waals surface area contributed by atoms with Crippen LogP contribution in [0.15, 0.2) is 65.8 Å². The molecule has 0 fully saturated rings. The summed E-state index contributed by atoms with van der Waals surface area (Å²) >= 11 is 1.45. The molecule has 2 aromatic heterocycles. The molecule has 0 aliphatic carbocycles. The maximum absolute atomic E-state index is 12.4. The topological polar surface area (TPSA) is 60.7 Å². The lowest BCUT2D eigenvalue weighted by atomic mass is 9.92. The summed E-state index contributed by atoms with van der Waals surface area (Å²) in [5, 5.41) is 10.8. The molecule has 4 aromatic rings. The van der Waals surface area contributed by atoms with Crippen molar-refractivity contribution in [3.63, 3.8) is 0 Å². The molecule has 2 aromatic carbocycles. The summed E-state index contributed by atoms with van der Waals surface area (Å²) in [4.78, 5) is 17.3. The van der Waals surface area contributed by atoms with Gasteiger partial charge in [0.05, 0.1) is 17.0 Å². The predicted molar refractivity (Wildman–Crippen MR) is 127 cm³/mol. The molecule has 31 heavy (non-hydrogen) atoms. The maximum Gasteiger partial charge on any atom is 0.191 e. The van der Waals surface area contributed by atoms with E-state index in [4.69, 9.17) is 4.98 Å². The highest BCUT2D eigenvalue weighted by molar-refractivity contribution is 7.99. The van der Waals surface area contributed by atoms with Crippen LogP contribution >= 0.6 is 11.8 Å². The zero-order valence-electron chi connectivity index (χ0n) is 18.3. The number of thioether (sulfide) groups is 1. The fraction of sp³-hybridized carbons (Fsp3) is 0.280. The Balaban J connectivity index is 1.80. The molecule has 0 aliphatic rings. The van der Waals surface area contributed by atoms with Crippen LogP contribution in [0.1, 0.15) is 27.7 Å². The van der Waals surface area contributed by atoms with Crippen LogP contribution < -0.4 is 0 Å². The molecule has 0 amide bonds. The monoisotopic (exact) mass is 430 g/mol. The van der Waals surface area contributed by atoms with Gasteiger partial charge in [-0.3, -0.25) is 4.79 Å². The van der Waals surface area contributed by atoms with Crippen LogP contribution in [-0.2, 0) is 11.3 Å². The molecule has 6 heteroatoms. The molecule has 0 spiro atoms. The minimum absolute atomic E-state index is 0.199. The van der Waals surface area contributed by atoms with Crippen molar-refractivity contribution in [2.45, 2.75) is 39.4 Å². The molecule has 0 saturated heterocycles. The molecule has 2 heterocycles. The van der Waals surface area contributed by atoms with E-state index in [2.05, 4.69) is 46.0 Å². The molecule has 158 valence electrons. The molecule has 0 saturated carbocycles. The van der Waals surface area contributed by atoms with Crippen molar-refractivity contribution in [2.24, 2.45) is 5.41 Å². The van der Waals surface area contributed by atoms with Crippen molar-refractivity contribution in [2.75, 3.05) is 5.75 Å². The van der Waals surface area contributed by atoms with Gasteiger partial charge in [-0.1, -0.05) is 81.1 Å². The molecular weight excluding hydrogens is 404 g/mol. The van der Waals surface area contributed by atoms with Gasteiger partial charge in [0.25, 0.3) is 0 Å².